The number of amides is 1. The lowest BCUT2D eigenvalue weighted by Crippen LogP contribution is -2.24. The van der Waals surface area contributed by atoms with Crippen molar-refractivity contribution >= 4 is 18.0 Å². The monoisotopic (exact) mass is 276 g/mol. The molecule has 20 heavy (non-hydrogen) atoms. The molecule has 0 bridgehead atoms. The molecule has 6 nitrogen and oxygen atoms in total. The van der Waals surface area contributed by atoms with Gasteiger partial charge in [0.25, 0.3) is 0 Å². The zero-order valence-electron chi connectivity index (χ0n) is 10.8. The lowest BCUT2D eigenvalue weighted by molar-refractivity contribution is -0.121. The van der Waals surface area contributed by atoms with Crippen LogP contribution in [-0.2, 0) is 11.3 Å². The van der Waals surface area contributed by atoms with Crippen molar-refractivity contribution in [1.29, 1.82) is 0 Å². The molecule has 0 aliphatic carbocycles. The van der Waals surface area contributed by atoms with Crippen LogP contribution in [0.3, 0.4) is 0 Å². The molecule has 0 saturated carbocycles. The van der Waals surface area contributed by atoms with E-state index in [0.717, 1.165) is 0 Å². The quantitative estimate of drug-likeness (QED) is 0.809. The van der Waals surface area contributed by atoms with Crippen molar-refractivity contribution in [2.24, 2.45) is 0 Å². The maximum absolute atomic E-state index is 12.9. The van der Waals surface area contributed by atoms with Crippen molar-refractivity contribution in [3.05, 3.63) is 35.6 Å². The lowest BCUT2D eigenvalue weighted by Gasteiger charge is -2.02. The summed E-state index contributed by atoms with van der Waals surface area (Å²) < 4.78 is 14.2. The van der Waals surface area contributed by atoms with Crippen LogP contribution in [0.1, 0.15) is 10.4 Å². The minimum absolute atomic E-state index is 0.0929. The zero-order valence-corrected chi connectivity index (χ0v) is 10.8. The Labute approximate surface area is 114 Å². The van der Waals surface area contributed by atoms with Crippen molar-refractivity contribution < 1.29 is 14.0 Å². The fourth-order valence-corrected chi connectivity index (χ4v) is 1.76. The molecule has 0 fully saturated rings. The molecule has 104 valence electrons. The molecule has 1 amide bonds. The molecule has 0 aliphatic rings. The number of nitrogens with two attached hydrogens (primary N) is 1. The summed E-state index contributed by atoms with van der Waals surface area (Å²) in [6.07, 6.45) is 0.571. The molecule has 2 rings (SSSR count). The molecule has 1 aromatic heterocycles. The second-order valence-electron chi connectivity index (χ2n) is 4.10. The Morgan fingerprint density at radius 1 is 1.45 bits per heavy atom. The Kier molecular flexibility index (Phi) is 3.79. The fourth-order valence-electron chi connectivity index (χ4n) is 1.76. The largest absolute Gasteiger partial charge is 0.383 e. The first-order chi connectivity index (χ1) is 9.56. The summed E-state index contributed by atoms with van der Waals surface area (Å²) in [7, 11) is 1.49. The lowest BCUT2D eigenvalue weighted by atomic mass is 10.1. The van der Waals surface area contributed by atoms with Crippen LogP contribution in [0.5, 0.6) is 0 Å². The number of nitrogens with one attached hydrogen (secondary N) is 1. The molecule has 0 atom stereocenters. The van der Waals surface area contributed by atoms with Crippen molar-refractivity contribution in [1.82, 2.24) is 15.1 Å². The summed E-state index contributed by atoms with van der Waals surface area (Å²) in [5, 5.41) is 6.59. The molecular weight excluding hydrogens is 263 g/mol. The molecule has 7 heteroatoms. The summed E-state index contributed by atoms with van der Waals surface area (Å²) in [5.41, 5.74) is 6.85. The highest BCUT2D eigenvalue weighted by atomic mass is 19.1. The van der Waals surface area contributed by atoms with E-state index < -0.39 is 0 Å². The van der Waals surface area contributed by atoms with Crippen LogP contribution in [0.15, 0.2) is 24.3 Å². The Morgan fingerprint density at radius 2 is 2.10 bits per heavy atom. The molecule has 0 radical (unpaired) electrons. The number of rotatable bonds is 4. The van der Waals surface area contributed by atoms with Crippen molar-refractivity contribution in [3.8, 4) is 11.3 Å². The van der Waals surface area contributed by atoms with E-state index in [1.807, 2.05) is 0 Å². The van der Waals surface area contributed by atoms with Gasteiger partial charge < -0.3 is 11.1 Å². The number of nitrogens with zero attached hydrogens (tertiary/aromatic N) is 2. The van der Waals surface area contributed by atoms with E-state index in [-0.39, 0.29) is 29.7 Å². The number of hydrogen-bond acceptors (Lipinski definition) is 4. The van der Waals surface area contributed by atoms with Gasteiger partial charge in [-0.25, -0.2) is 9.07 Å². The summed E-state index contributed by atoms with van der Waals surface area (Å²) >= 11 is 0. The number of carbonyl (C=O) groups is 2. The molecule has 0 aliphatic heterocycles. The Morgan fingerprint density at radius 3 is 2.65 bits per heavy atom. The fraction of sp³-hybridized carbons (Fsp3) is 0.154. The van der Waals surface area contributed by atoms with Crippen molar-refractivity contribution in [2.75, 3.05) is 12.8 Å². The number of hydrogen-bond donors (Lipinski definition) is 2. The molecule has 1 aromatic carbocycles. The van der Waals surface area contributed by atoms with Gasteiger partial charge in [0.1, 0.15) is 23.9 Å². The minimum Gasteiger partial charge on any atom is -0.383 e. The average molecular weight is 276 g/mol. The number of nitrogen functional groups attached to an aromatic ring is 1. The van der Waals surface area contributed by atoms with E-state index in [1.54, 1.807) is 0 Å². The number of halogens is 1. The maximum Gasteiger partial charge on any atom is 0.241 e. The Hall–Kier alpha value is -2.70. The highest BCUT2D eigenvalue weighted by Crippen LogP contribution is 2.25. The smallest absolute Gasteiger partial charge is 0.241 e. The van der Waals surface area contributed by atoms with Gasteiger partial charge in [0.05, 0.1) is 5.56 Å². The standard InChI is InChI=1S/C13H13FN4O2/c1-16-11(20)6-18-13(15)10(7-19)12(17-18)8-2-4-9(14)5-3-8/h2-5,7H,6,15H2,1H3,(H,16,20). The molecule has 0 spiro atoms. The SMILES string of the molecule is CNC(=O)Cn1nc(-c2ccc(F)cc2)c(C=O)c1N. The van der Waals surface area contributed by atoms with E-state index in [2.05, 4.69) is 10.4 Å². The van der Waals surface area contributed by atoms with Gasteiger partial charge in [0, 0.05) is 12.6 Å². The van der Waals surface area contributed by atoms with Gasteiger partial charge >= 0.3 is 0 Å². The number of carbonyl (C=O) groups excluding carboxylic acids is 2. The Bertz CT molecular complexity index is 649. The van der Waals surface area contributed by atoms with Gasteiger partial charge in [-0.05, 0) is 24.3 Å². The second kappa shape index (κ2) is 5.52. The van der Waals surface area contributed by atoms with E-state index in [9.17, 15) is 14.0 Å². The molecule has 0 unspecified atom stereocenters. The van der Waals surface area contributed by atoms with Crippen LogP contribution < -0.4 is 11.1 Å². The third kappa shape index (κ3) is 2.51. The van der Waals surface area contributed by atoms with Gasteiger partial charge in [-0.1, -0.05) is 0 Å². The topological polar surface area (TPSA) is 90.0 Å². The first-order valence-electron chi connectivity index (χ1n) is 5.84. The van der Waals surface area contributed by atoms with Crippen LogP contribution in [0.25, 0.3) is 11.3 Å². The molecule has 3 N–H and O–H groups in total. The number of likely N-dealkylation sites (N-methyl/N-ethyl adjacent to an activating group) is 1. The van der Waals surface area contributed by atoms with E-state index in [4.69, 9.17) is 5.73 Å². The summed E-state index contributed by atoms with van der Waals surface area (Å²) in [4.78, 5) is 22.5. The molecule has 0 saturated heterocycles. The van der Waals surface area contributed by atoms with Gasteiger partial charge in [-0.3, -0.25) is 9.59 Å². The molecule has 1 heterocycles. The van der Waals surface area contributed by atoms with Gasteiger partial charge in [-0.15, -0.1) is 0 Å². The van der Waals surface area contributed by atoms with Crippen LogP contribution in [0.2, 0.25) is 0 Å². The number of anilines is 1. The Balaban J connectivity index is 2.47. The maximum atomic E-state index is 12.9. The summed E-state index contributed by atoms with van der Waals surface area (Å²) in [6.45, 7) is -0.0929. The van der Waals surface area contributed by atoms with Crippen LogP contribution in [0.4, 0.5) is 10.2 Å². The summed E-state index contributed by atoms with van der Waals surface area (Å²) in [6, 6.07) is 5.51. The zero-order chi connectivity index (χ0) is 14.7. The molecular formula is C13H13FN4O2. The molecule has 2 aromatic rings. The highest BCUT2D eigenvalue weighted by Gasteiger charge is 2.17. The second-order valence-corrected chi connectivity index (χ2v) is 4.10. The average Bonchev–Trinajstić information content (AvgIpc) is 2.76. The first-order valence-corrected chi connectivity index (χ1v) is 5.84. The van der Waals surface area contributed by atoms with Gasteiger partial charge in [0.15, 0.2) is 6.29 Å². The van der Waals surface area contributed by atoms with Crippen molar-refractivity contribution in [3.63, 3.8) is 0 Å². The minimum atomic E-state index is -0.390. The number of benzene rings is 1. The first kappa shape index (κ1) is 13.7. The highest BCUT2D eigenvalue weighted by molar-refractivity contribution is 5.92. The van der Waals surface area contributed by atoms with Gasteiger partial charge in [0.2, 0.25) is 5.91 Å². The van der Waals surface area contributed by atoms with Crippen LogP contribution >= 0.6 is 0 Å². The predicted molar refractivity (Wildman–Crippen MR) is 71.5 cm³/mol. The summed E-state index contributed by atoms with van der Waals surface area (Å²) in [5.74, 6) is -0.579. The normalized spacial score (nSPS) is 10.3. The van der Waals surface area contributed by atoms with E-state index in [0.29, 0.717) is 17.5 Å². The van der Waals surface area contributed by atoms with E-state index >= 15 is 0 Å². The number of aldehydes is 1. The predicted octanol–water partition coefficient (Wildman–Crippen LogP) is 0.830. The van der Waals surface area contributed by atoms with Gasteiger partial charge in [-0.2, -0.15) is 5.10 Å². The number of aromatic nitrogens is 2. The van der Waals surface area contributed by atoms with Crippen LogP contribution in [0, 0.1) is 5.82 Å². The third-order valence-corrected chi connectivity index (χ3v) is 2.84. The van der Waals surface area contributed by atoms with Crippen LogP contribution in [-0.4, -0.2) is 29.0 Å². The van der Waals surface area contributed by atoms with E-state index in [1.165, 1.54) is 36.0 Å². The third-order valence-electron chi connectivity index (χ3n) is 2.84. The van der Waals surface area contributed by atoms with Crippen molar-refractivity contribution in [2.45, 2.75) is 6.54 Å².